The third kappa shape index (κ3) is 2.17. The fourth-order valence-corrected chi connectivity index (χ4v) is 0.800. The van der Waals surface area contributed by atoms with Gasteiger partial charge in [-0.15, -0.1) is 10.2 Å². The van der Waals surface area contributed by atoms with E-state index in [4.69, 9.17) is 5.73 Å². The molecule has 1 heterocycles. The molecule has 4 N–H and O–H groups in total. The van der Waals surface area contributed by atoms with E-state index in [2.05, 4.69) is 20.7 Å². The molecular formula is C7H13N5O. The van der Waals surface area contributed by atoms with Crippen LogP contribution < -0.4 is 11.1 Å². The monoisotopic (exact) mass is 183 g/mol. The van der Waals surface area contributed by atoms with Gasteiger partial charge >= 0.3 is 0 Å². The minimum Gasteiger partial charge on any atom is -0.380 e. The van der Waals surface area contributed by atoms with Gasteiger partial charge in [0, 0.05) is 6.04 Å². The second-order valence-corrected chi connectivity index (χ2v) is 2.84. The van der Waals surface area contributed by atoms with Crippen LogP contribution in [0, 0.1) is 0 Å². The molecule has 6 heteroatoms. The van der Waals surface area contributed by atoms with E-state index in [1.807, 2.05) is 13.8 Å². The molecule has 6 nitrogen and oxygen atoms in total. The first kappa shape index (κ1) is 9.50. The minimum absolute atomic E-state index is 0.114. The number of nitrogen functional groups attached to an aromatic ring is 1. The van der Waals surface area contributed by atoms with Gasteiger partial charge in [-0.2, -0.15) is 5.21 Å². The van der Waals surface area contributed by atoms with Crippen molar-refractivity contribution in [3.8, 4) is 0 Å². The number of anilines is 1. The highest BCUT2D eigenvalue weighted by molar-refractivity contribution is 5.96. The van der Waals surface area contributed by atoms with E-state index in [1.54, 1.807) is 0 Å². The van der Waals surface area contributed by atoms with Crippen LogP contribution in [0.15, 0.2) is 0 Å². The van der Waals surface area contributed by atoms with Crippen molar-refractivity contribution in [2.75, 3.05) is 5.73 Å². The van der Waals surface area contributed by atoms with Gasteiger partial charge in [0.05, 0.1) is 0 Å². The van der Waals surface area contributed by atoms with Crippen LogP contribution in [0.5, 0.6) is 0 Å². The first-order chi connectivity index (χ1) is 6.15. The first-order valence-electron chi connectivity index (χ1n) is 4.12. The molecule has 0 spiro atoms. The first-order valence-corrected chi connectivity index (χ1v) is 4.12. The summed E-state index contributed by atoms with van der Waals surface area (Å²) in [5, 5.41) is 12.2. The lowest BCUT2D eigenvalue weighted by Crippen LogP contribution is -2.32. The summed E-state index contributed by atoms with van der Waals surface area (Å²) in [5.41, 5.74) is 5.55. The molecule has 1 atom stereocenters. The second kappa shape index (κ2) is 3.88. The summed E-state index contributed by atoms with van der Waals surface area (Å²) in [6.45, 7) is 3.89. The molecule has 1 aromatic heterocycles. The normalized spacial score (nSPS) is 12.5. The van der Waals surface area contributed by atoms with Crippen molar-refractivity contribution < 1.29 is 4.79 Å². The number of aromatic amines is 1. The second-order valence-electron chi connectivity index (χ2n) is 2.84. The zero-order valence-electron chi connectivity index (χ0n) is 7.66. The predicted octanol–water partition coefficient (Wildman–Crippen LogP) is -0.0848. The Morgan fingerprint density at radius 3 is 2.85 bits per heavy atom. The number of carbonyl (C=O) groups is 1. The fraction of sp³-hybridized carbons (Fsp3) is 0.571. The number of rotatable bonds is 3. The summed E-state index contributed by atoms with van der Waals surface area (Å²) in [4.78, 5) is 11.4. The number of amides is 1. The van der Waals surface area contributed by atoms with Crippen molar-refractivity contribution in [2.24, 2.45) is 0 Å². The number of nitrogens with zero attached hydrogens (tertiary/aromatic N) is 2. The molecule has 0 aromatic carbocycles. The molecule has 1 unspecified atom stereocenters. The Balaban J connectivity index is 2.64. The van der Waals surface area contributed by atoms with Crippen LogP contribution in [-0.2, 0) is 0 Å². The van der Waals surface area contributed by atoms with Crippen molar-refractivity contribution in [1.29, 1.82) is 0 Å². The van der Waals surface area contributed by atoms with Crippen LogP contribution in [0.2, 0.25) is 0 Å². The van der Waals surface area contributed by atoms with Gasteiger partial charge in [0.15, 0.2) is 11.5 Å². The standard InChI is InChI=1S/C7H13N5O/c1-3-4(2)9-7(13)5-6(8)11-12-10-5/h4H,3H2,1-2H3,(H,9,13)(H3,8,10,11,12). The largest absolute Gasteiger partial charge is 0.380 e. The maximum absolute atomic E-state index is 11.4. The number of carbonyl (C=O) groups excluding carboxylic acids is 1. The molecule has 72 valence electrons. The average molecular weight is 183 g/mol. The number of hydrogen-bond acceptors (Lipinski definition) is 4. The molecule has 0 bridgehead atoms. The van der Waals surface area contributed by atoms with Gasteiger partial charge in [-0.25, -0.2) is 0 Å². The summed E-state index contributed by atoms with van der Waals surface area (Å²) in [6, 6.07) is 0.114. The van der Waals surface area contributed by atoms with Gasteiger partial charge in [-0.1, -0.05) is 6.92 Å². The van der Waals surface area contributed by atoms with E-state index < -0.39 is 0 Å². The van der Waals surface area contributed by atoms with Gasteiger partial charge in [-0.05, 0) is 13.3 Å². The molecule has 0 aliphatic rings. The molecule has 0 saturated heterocycles. The Morgan fingerprint density at radius 2 is 2.38 bits per heavy atom. The number of aromatic nitrogens is 3. The molecule has 1 amide bonds. The topological polar surface area (TPSA) is 96.7 Å². The summed E-state index contributed by atoms with van der Waals surface area (Å²) < 4.78 is 0. The van der Waals surface area contributed by atoms with E-state index in [-0.39, 0.29) is 23.5 Å². The zero-order chi connectivity index (χ0) is 9.84. The van der Waals surface area contributed by atoms with Crippen LogP contribution in [0.3, 0.4) is 0 Å². The third-order valence-corrected chi connectivity index (χ3v) is 1.78. The van der Waals surface area contributed by atoms with Crippen molar-refractivity contribution >= 4 is 11.7 Å². The van der Waals surface area contributed by atoms with Crippen molar-refractivity contribution in [1.82, 2.24) is 20.7 Å². The van der Waals surface area contributed by atoms with Crippen LogP contribution >= 0.6 is 0 Å². The fourth-order valence-electron chi connectivity index (χ4n) is 0.800. The Kier molecular flexibility index (Phi) is 2.84. The van der Waals surface area contributed by atoms with Gasteiger partial charge in [0.2, 0.25) is 0 Å². The van der Waals surface area contributed by atoms with Crippen LogP contribution in [-0.4, -0.2) is 27.4 Å². The Bertz CT molecular complexity index is 295. The molecule has 0 fully saturated rings. The molecule has 13 heavy (non-hydrogen) atoms. The van der Waals surface area contributed by atoms with Crippen LogP contribution in [0.25, 0.3) is 0 Å². The summed E-state index contributed by atoms with van der Waals surface area (Å²) in [6.07, 6.45) is 0.865. The molecule has 0 radical (unpaired) electrons. The van der Waals surface area contributed by atoms with Crippen LogP contribution in [0.1, 0.15) is 30.8 Å². The Morgan fingerprint density at radius 1 is 1.69 bits per heavy atom. The summed E-state index contributed by atoms with van der Waals surface area (Å²) >= 11 is 0. The van der Waals surface area contributed by atoms with Gasteiger partial charge in [-0.3, -0.25) is 4.79 Å². The van der Waals surface area contributed by atoms with E-state index in [0.29, 0.717) is 0 Å². The minimum atomic E-state index is -0.291. The highest BCUT2D eigenvalue weighted by Crippen LogP contribution is 2.02. The lowest BCUT2D eigenvalue weighted by atomic mass is 10.2. The molecule has 0 saturated carbocycles. The van der Waals surface area contributed by atoms with Crippen molar-refractivity contribution in [3.05, 3.63) is 5.69 Å². The van der Waals surface area contributed by atoms with E-state index in [9.17, 15) is 4.79 Å². The SMILES string of the molecule is CCC(C)NC(=O)c1n[nH]nc1N. The third-order valence-electron chi connectivity index (χ3n) is 1.78. The van der Waals surface area contributed by atoms with Gasteiger partial charge in [0.1, 0.15) is 0 Å². The zero-order valence-corrected chi connectivity index (χ0v) is 7.66. The molecule has 0 aliphatic carbocycles. The van der Waals surface area contributed by atoms with Gasteiger partial charge in [0.25, 0.3) is 5.91 Å². The average Bonchev–Trinajstić information content (AvgIpc) is 2.51. The lowest BCUT2D eigenvalue weighted by molar-refractivity contribution is 0.0935. The van der Waals surface area contributed by atoms with E-state index in [1.165, 1.54) is 0 Å². The molecule has 0 aliphatic heterocycles. The number of H-pyrrole nitrogens is 1. The highest BCUT2D eigenvalue weighted by Gasteiger charge is 2.14. The summed E-state index contributed by atoms with van der Waals surface area (Å²) in [7, 11) is 0. The Hall–Kier alpha value is -1.59. The van der Waals surface area contributed by atoms with E-state index in [0.717, 1.165) is 6.42 Å². The lowest BCUT2D eigenvalue weighted by Gasteiger charge is -2.09. The number of hydrogen-bond donors (Lipinski definition) is 3. The number of nitrogens with one attached hydrogen (secondary N) is 2. The van der Waals surface area contributed by atoms with Crippen molar-refractivity contribution in [3.63, 3.8) is 0 Å². The highest BCUT2D eigenvalue weighted by atomic mass is 16.2. The number of nitrogens with two attached hydrogens (primary N) is 1. The molecular weight excluding hydrogens is 170 g/mol. The summed E-state index contributed by atoms with van der Waals surface area (Å²) in [5.74, 6) is -0.165. The van der Waals surface area contributed by atoms with Crippen molar-refractivity contribution in [2.45, 2.75) is 26.3 Å². The quantitative estimate of drug-likeness (QED) is 0.610. The smallest absolute Gasteiger partial charge is 0.275 e. The molecule has 1 aromatic rings. The van der Waals surface area contributed by atoms with Crippen LogP contribution in [0.4, 0.5) is 5.82 Å². The van der Waals surface area contributed by atoms with Gasteiger partial charge < -0.3 is 11.1 Å². The maximum atomic E-state index is 11.4. The van der Waals surface area contributed by atoms with E-state index >= 15 is 0 Å². The predicted molar refractivity (Wildman–Crippen MR) is 48.0 cm³/mol. The maximum Gasteiger partial charge on any atom is 0.275 e. The Labute approximate surface area is 75.9 Å². The molecule has 1 rings (SSSR count).